The molecule has 0 aliphatic rings. The van der Waals surface area contributed by atoms with Gasteiger partial charge in [-0.15, -0.1) is 0 Å². The van der Waals surface area contributed by atoms with Crippen molar-refractivity contribution in [3.63, 3.8) is 0 Å². The fourth-order valence-corrected chi connectivity index (χ4v) is 8.48. The fraction of sp³-hybridized carbons (Fsp3) is 0. The van der Waals surface area contributed by atoms with Gasteiger partial charge in [-0.2, -0.15) is 10.5 Å². The number of benzene rings is 9. The Balaban J connectivity index is 1.20. The molecule has 0 N–H and O–H groups in total. The van der Waals surface area contributed by atoms with Crippen molar-refractivity contribution in [1.82, 2.24) is 4.57 Å². The lowest BCUT2D eigenvalue weighted by atomic mass is 9.88. The van der Waals surface area contributed by atoms with Gasteiger partial charge in [0, 0.05) is 38.7 Å². The second-order valence-corrected chi connectivity index (χ2v) is 14.7. The highest BCUT2D eigenvalue weighted by atomic mass is 15.0. The first-order valence-electron chi connectivity index (χ1n) is 19.7. The van der Waals surface area contributed by atoms with Crippen molar-refractivity contribution in [2.24, 2.45) is 0 Å². The smallest absolute Gasteiger partial charge is 0.100 e. The van der Waals surface area contributed by atoms with Crippen molar-refractivity contribution in [3.05, 3.63) is 223 Å². The van der Waals surface area contributed by atoms with Crippen LogP contribution in [0.4, 0.5) is 0 Å². The summed E-state index contributed by atoms with van der Waals surface area (Å²) in [5, 5.41) is 23.4. The van der Waals surface area contributed by atoms with Crippen LogP contribution in [-0.2, 0) is 0 Å². The molecule has 10 aromatic rings. The first kappa shape index (κ1) is 35.2. The van der Waals surface area contributed by atoms with Crippen molar-refractivity contribution in [2.45, 2.75) is 0 Å². The summed E-state index contributed by atoms with van der Waals surface area (Å²) in [6, 6.07) is 78.5. The number of aromatic nitrogens is 1. The average molecular weight is 750 g/mol. The maximum atomic E-state index is 10.6. The summed E-state index contributed by atoms with van der Waals surface area (Å²) in [7, 11) is 0. The molecule has 0 aliphatic heterocycles. The van der Waals surface area contributed by atoms with E-state index in [0.29, 0.717) is 11.1 Å². The topological polar surface area (TPSA) is 52.5 Å². The Morgan fingerprint density at radius 3 is 1.07 bits per heavy atom. The monoisotopic (exact) mass is 749 g/mol. The molecule has 0 unspecified atom stereocenters. The molecule has 3 nitrogen and oxygen atoms in total. The van der Waals surface area contributed by atoms with Crippen LogP contribution >= 0.6 is 0 Å². The highest BCUT2D eigenvalue weighted by Gasteiger charge is 2.20. The van der Waals surface area contributed by atoms with Crippen LogP contribution in [0.25, 0.3) is 94.3 Å². The molecule has 59 heavy (non-hydrogen) atoms. The van der Waals surface area contributed by atoms with E-state index in [1.807, 2.05) is 78.9 Å². The van der Waals surface area contributed by atoms with Gasteiger partial charge < -0.3 is 4.57 Å². The van der Waals surface area contributed by atoms with Gasteiger partial charge in [-0.05, 0) is 99.1 Å². The molecule has 3 heteroatoms. The SMILES string of the molecule is N#Cc1c(-c2ccccc2)cc(-c2ccc3c(c2)c2ccc(-c4cc(-c5ccccc5)c(C#N)c(-c5ccccc5)c4)cc2n3-c2ccccc2)cc1-c1ccccc1. The summed E-state index contributed by atoms with van der Waals surface area (Å²) < 4.78 is 2.35. The Hall–Kier alpha value is -8.24. The largest absolute Gasteiger partial charge is 0.309 e. The molecule has 0 amide bonds. The van der Waals surface area contributed by atoms with E-state index in [0.717, 1.165) is 94.3 Å². The highest BCUT2D eigenvalue weighted by Crippen LogP contribution is 2.42. The zero-order valence-electron chi connectivity index (χ0n) is 32.0. The lowest BCUT2D eigenvalue weighted by molar-refractivity contribution is 1.18. The summed E-state index contributed by atoms with van der Waals surface area (Å²) in [5.74, 6) is 0. The van der Waals surface area contributed by atoms with Crippen LogP contribution in [0.3, 0.4) is 0 Å². The first-order valence-corrected chi connectivity index (χ1v) is 19.7. The van der Waals surface area contributed by atoms with Gasteiger partial charge >= 0.3 is 0 Å². The lowest BCUT2D eigenvalue weighted by Gasteiger charge is -2.15. The van der Waals surface area contributed by atoms with E-state index >= 15 is 0 Å². The van der Waals surface area contributed by atoms with Gasteiger partial charge in [-0.3, -0.25) is 0 Å². The minimum Gasteiger partial charge on any atom is -0.309 e. The summed E-state index contributed by atoms with van der Waals surface area (Å²) in [5.41, 5.74) is 16.4. The van der Waals surface area contributed by atoms with Crippen molar-refractivity contribution < 1.29 is 0 Å². The summed E-state index contributed by atoms with van der Waals surface area (Å²) in [6.45, 7) is 0. The molecule has 9 aromatic carbocycles. The number of nitrogens with zero attached hydrogens (tertiary/aromatic N) is 3. The van der Waals surface area contributed by atoms with Crippen LogP contribution in [0.15, 0.2) is 212 Å². The third-order valence-electron chi connectivity index (χ3n) is 11.3. The highest BCUT2D eigenvalue weighted by molar-refractivity contribution is 6.11. The zero-order chi connectivity index (χ0) is 39.7. The van der Waals surface area contributed by atoms with Gasteiger partial charge in [-0.25, -0.2) is 0 Å². The minimum absolute atomic E-state index is 0.659. The molecule has 0 radical (unpaired) electrons. The maximum absolute atomic E-state index is 10.6. The second kappa shape index (κ2) is 15.0. The van der Waals surface area contributed by atoms with Crippen LogP contribution in [0.5, 0.6) is 0 Å². The van der Waals surface area contributed by atoms with Gasteiger partial charge in [0.1, 0.15) is 12.1 Å². The molecule has 0 atom stereocenters. The van der Waals surface area contributed by atoms with Crippen molar-refractivity contribution >= 4 is 21.8 Å². The van der Waals surface area contributed by atoms with E-state index in [1.165, 1.54) is 0 Å². The summed E-state index contributed by atoms with van der Waals surface area (Å²) in [4.78, 5) is 0. The maximum Gasteiger partial charge on any atom is 0.100 e. The van der Waals surface area contributed by atoms with Gasteiger partial charge in [0.15, 0.2) is 0 Å². The van der Waals surface area contributed by atoms with E-state index in [-0.39, 0.29) is 0 Å². The van der Waals surface area contributed by atoms with E-state index < -0.39 is 0 Å². The molecule has 0 saturated heterocycles. The Labute approximate surface area is 343 Å². The van der Waals surface area contributed by atoms with Crippen LogP contribution in [0, 0.1) is 22.7 Å². The molecule has 274 valence electrons. The standard InChI is InChI=1S/C56H35N3/c57-36-53-48(38-16-6-1-7-17-38)31-44(32-49(53)39-18-8-2-9-19-39)42-27-29-55-52(30-42)47-28-26-43(35-56(47)59(55)46-24-14-5-15-25-46)45-33-50(40-20-10-3-11-21-40)54(37-58)51(34-45)41-22-12-4-13-23-41/h1-35H. The van der Waals surface area contributed by atoms with Gasteiger partial charge in [0.25, 0.3) is 0 Å². The van der Waals surface area contributed by atoms with Crippen LogP contribution in [0.2, 0.25) is 0 Å². The van der Waals surface area contributed by atoms with E-state index in [9.17, 15) is 10.5 Å². The van der Waals surface area contributed by atoms with Gasteiger partial charge in [0.05, 0.1) is 22.2 Å². The molecule has 0 bridgehead atoms. The molecular formula is C56H35N3. The molecule has 0 aliphatic carbocycles. The molecule has 0 spiro atoms. The van der Waals surface area contributed by atoms with Gasteiger partial charge in [0.2, 0.25) is 0 Å². The normalized spacial score (nSPS) is 11.0. The van der Waals surface area contributed by atoms with Crippen molar-refractivity contribution in [1.29, 1.82) is 10.5 Å². The van der Waals surface area contributed by atoms with E-state index in [4.69, 9.17) is 0 Å². The number of nitriles is 2. The Kier molecular flexibility index (Phi) is 8.96. The number of para-hydroxylation sites is 1. The number of hydrogen-bond donors (Lipinski definition) is 0. The second-order valence-electron chi connectivity index (χ2n) is 14.7. The van der Waals surface area contributed by atoms with Crippen LogP contribution in [-0.4, -0.2) is 4.57 Å². The molecule has 0 saturated carbocycles. The Morgan fingerprint density at radius 1 is 0.288 bits per heavy atom. The lowest BCUT2D eigenvalue weighted by Crippen LogP contribution is -1.95. The zero-order valence-corrected chi connectivity index (χ0v) is 32.0. The third kappa shape index (κ3) is 6.34. The summed E-state index contributed by atoms with van der Waals surface area (Å²) >= 11 is 0. The average Bonchev–Trinajstić information content (AvgIpc) is 3.65. The first-order chi connectivity index (χ1) is 29.2. The predicted molar refractivity (Wildman–Crippen MR) is 243 cm³/mol. The van der Waals surface area contributed by atoms with Crippen molar-refractivity contribution in [2.75, 3.05) is 0 Å². The number of rotatable bonds is 7. The van der Waals surface area contributed by atoms with E-state index in [2.05, 4.69) is 150 Å². The van der Waals surface area contributed by atoms with E-state index in [1.54, 1.807) is 0 Å². The van der Waals surface area contributed by atoms with Crippen molar-refractivity contribution in [3.8, 4) is 84.6 Å². The summed E-state index contributed by atoms with van der Waals surface area (Å²) in [6.07, 6.45) is 0. The van der Waals surface area contributed by atoms with Crippen LogP contribution in [0.1, 0.15) is 11.1 Å². The molecule has 1 aromatic heterocycles. The van der Waals surface area contributed by atoms with Gasteiger partial charge in [-0.1, -0.05) is 158 Å². The van der Waals surface area contributed by atoms with Crippen LogP contribution < -0.4 is 0 Å². The molecule has 1 heterocycles. The fourth-order valence-electron chi connectivity index (χ4n) is 8.48. The predicted octanol–water partition coefficient (Wildman–Crippen LogP) is 14.5. The third-order valence-corrected chi connectivity index (χ3v) is 11.3. The quantitative estimate of drug-likeness (QED) is 0.163. The minimum atomic E-state index is 0.659. The molecule has 0 fully saturated rings. The molecular weight excluding hydrogens is 715 g/mol. The Bertz CT molecular complexity index is 3120. The Morgan fingerprint density at radius 2 is 0.661 bits per heavy atom. The molecule has 10 rings (SSSR count). The number of hydrogen-bond acceptors (Lipinski definition) is 2. The number of fused-ring (bicyclic) bond motifs is 3.